The Morgan fingerprint density at radius 2 is 2.14 bits per heavy atom. The van der Waals surface area contributed by atoms with E-state index >= 15 is 0 Å². The van der Waals surface area contributed by atoms with Crippen molar-refractivity contribution in [1.29, 1.82) is 0 Å². The highest BCUT2D eigenvalue weighted by Crippen LogP contribution is 2.29. The number of rotatable bonds is 7. The third-order valence-electron chi connectivity index (χ3n) is 3.27. The maximum atomic E-state index is 11.9. The normalized spacial score (nSPS) is 14.0. The van der Waals surface area contributed by atoms with Gasteiger partial charge in [0.05, 0.1) is 0 Å². The molecule has 1 heterocycles. The number of thiophene rings is 1. The maximum Gasteiger partial charge on any atom is 0.249 e. The average molecular weight is 307 g/mol. The van der Waals surface area contributed by atoms with Crippen LogP contribution < -0.4 is 5.32 Å². The molecule has 0 saturated heterocycles. The van der Waals surface area contributed by atoms with Crippen molar-refractivity contribution < 1.29 is 14.6 Å². The van der Waals surface area contributed by atoms with Crippen LogP contribution in [0.25, 0.3) is 10.1 Å². The molecule has 21 heavy (non-hydrogen) atoms. The van der Waals surface area contributed by atoms with Gasteiger partial charge in [-0.05, 0) is 30.9 Å². The summed E-state index contributed by atoms with van der Waals surface area (Å²) in [5.41, 5.74) is 0. The van der Waals surface area contributed by atoms with Gasteiger partial charge >= 0.3 is 0 Å². The fourth-order valence-electron chi connectivity index (χ4n) is 2.16. The first-order valence-electron chi connectivity index (χ1n) is 7.21. The van der Waals surface area contributed by atoms with E-state index in [9.17, 15) is 9.90 Å². The van der Waals surface area contributed by atoms with E-state index in [4.69, 9.17) is 4.74 Å². The van der Waals surface area contributed by atoms with Crippen LogP contribution >= 0.6 is 11.3 Å². The van der Waals surface area contributed by atoms with E-state index in [0.717, 1.165) is 15.0 Å². The molecular formula is C16H21NO3S. The second-order valence-electron chi connectivity index (χ2n) is 4.80. The SMILES string of the molecule is CCOC(CC)C(=O)NCC(O)c1cc2ccccc2s1. The summed E-state index contributed by atoms with van der Waals surface area (Å²) in [5, 5.41) is 14.1. The van der Waals surface area contributed by atoms with Gasteiger partial charge in [0, 0.05) is 22.7 Å². The molecule has 1 aromatic carbocycles. The number of carbonyl (C=O) groups excluding carboxylic acids is 1. The van der Waals surface area contributed by atoms with E-state index in [1.165, 1.54) is 0 Å². The highest BCUT2D eigenvalue weighted by atomic mass is 32.1. The maximum absolute atomic E-state index is 11.9. The molecule has 2 rings (SSSR count). The summed E-state index contributed by atoms with van der Waals surface area (Å²) in [5.74, 6) is -0.167. The van der Waals surface area contributed by atoms with Crippen LogP contribution in [0.1, 0.15) is 31.2 Å². The van der Waals surface area contributed by atoms with Crippen LogP contribution in [0.3, 0.4) is 0 Å². The second kappa shape index (κ2) is 7.54. The zero-order valence-corrected chi connectivity index (χ0v) is 13.2. The molecule has 0 aliphatic rings. The minimum Gasteiger partial charge on any atom is -0.386 e. The third-order valence-corrected chi connectivity index (χ3v) is 4.49. The van der Waals surface area contributed by atoms with Gasteiger partial charge in [-0.1, -0.05) is 25.1 Å². The van der Waals surface area contributed by atoms with Crippen LogP contribution in [-0.4, -0.2) is 30.3 Å². The number of nitrogens with one attached hydrogen (secondary N) is 1. The number of amides is 1. The quantitative estimate of drug-likeness (QED) is 0.827. The number of hydrogen-bond donors (Lipinski definition) is 2. The Labute approximate surface area is 128 Å². The molecule has 0 aliphatic heterocycles. The van der Waals surface area contributed by atoms with Gasteiger partial charge in [-0.2, -0.15) is 0 Å². The Bertz CT molecular complexity index is 563. The predicted molar refractivity (Wildman–Crippen MR) is 85.5 cm³/mol. The standard InChI is InChI=1S/C16H21NO3S/c1-3-13(20-4-2)16(19)17-10-12(18)15-9-11-7-5-6-8-14(11)21-15/h5-9,12-13,18H,3-4,10H2,1-2H3,(H,17,19). The molecule has 5 heteroatoms. The van der Waals surface area contributed by atoms with Crippen molar-refractivity contribution in [1.82, 2.24) is 5.32 Å². The molecule has 4 nitrogen and oxygen atoms in total. The van der Waals surface area contributed by atoms with E-state index in [1.807, 2.05) is 44.2 Å². The molecule has 2 unspecified atom stereocenters. The molecule has 0 bridgehead atoms. The molecule has 2 atom stereocenters. The highest BCUT2D eigenvalue weighted by Gasteiger charge is 2.18. The molecule has 0 aliphatic carbocycles. The minimum atomic E-state index is -0.689. The topological polar surface area (TPSA) is 58.6 Å². The number of hydrogen-bond acceptors (Lipinski definition) is 4. The van der Waals surface area contributed by atoms with E-state index < -0.39 is 12.2 Å². The lowest BCUT2D eigenvalue weighted by atomic mass is 10.2. The highest BCUT2D eigenvalue weighted by molar-refractivity contribution is 7.19. The number of benzene rings is 1. The smallest absolute Gasteiger partial charge is 0.249 e. The monoisotopic (exact) mass is 307 g/mol. The third kappa shape index (κ3) is 4.03. The molecule has 0 spiro atoms. The second-order valence-corrected chi connectivity index (χ2v) is 5.92. The number of carbonyl (C=O) groups is 1. The number of aliphatic hydroxyl groups excluding tert-OH is 1. The van der Waals surface area contributed by atoms with Crippen LogP contribution in [0.5, 0.6) is 0 Å². The summed E-state index contributed by atoms with van der Waals surface area (Å²) in [6, 6.07) is 9.96. The Morgan fingerprint density at radius 3 is 2.81 bits per heavy atom. The molecule has 1 amide bonds. The molecule has 0 saturated carbocycles. The summed E-state index contributed by atoms with van der Waals surface area (Å²) in [7, 11) is 0. The Morgan fingerprint density at radius 1 is 1.38 bits per heavy atom. The van der Waals surface area contributed by atoms with Gasteiger partial charge in [-0.25, -0.2) is 0 Å². The number of aliphatic hydroxyl groups is 1. The summed E-state index contributed by atoms with van der Waals surface area (Å²) in [6.07, 6.45) is -0.506. The average Bonchev–Trinajstić information content (AvgIpc) is 2.94. The van der Waals surface area contributed by atoms with Crippen molar-refractivity contribution in [3.63, 3.8) is 0 Å². The van der Waals surface area contributed by atoms with Gasteiger partial charge < -0.3 is 15.2 Å². The van der Waals surface area contributed by atoms with Crippen LogP contribution in [0.2, 0.25) is 0 Å². The zero-order valence-electron chi connectivity index (χ0n) is 12.3. The van der Waals surface area contributed by atoms with Crippen LogP contribution in [0, 0.1) is 0 Å². The molecule has 114 valence electrons. The molecule has 0 radical (unpaired) electrons. The van der Waals surface area contributed by atoms with Gasteiger partial charge in [0.2, 0.25) is 5.91 Å². The number of ether oxygens (including phenoxy) is 1. The van der Waals surface area contributed by atoms with Gasteiger partial charge in [-0.3, -0.25) is 4.79 Å². The summed E-state index contributed by atoms with van der Waals surface area (Å²) < 4.78 is 6.49. The van der Waals surface area contributed by atoms with Crippen LogP contribution in [0.4, 0.5) is 0 Å². The van der Waals surface area contributed by atoms with E-state index in [1.54, 1.807) is 11.3 Å². The van der Waals surface area contributed by atoms with Crippen LogP contribution in [0.15, 0.2) is 30.3 Å². The van der Waals surface area contributed by atoms with E-state index in [-0.39, 0.29) is 12.5 Å². The lowest BCUT2D eigenvalue weighted by Crippen LogP contribution is -2.38. The summed E-state index contributed by atoms with van der Waals surface area (Å²) in [6.45, 7) is 4.48. The Hall–Kier alpha value is -1.43. The van der Waals surface area contributed by atoms with E-state index in [2.05, 4.69) is 5.32 Å². The molecule has 2 N–H and O–H groups in total. The van der Waals surface area contributed by atoms with Crippen molar-refractivity contribution >= 4 is 27.3 Å². The van der Waals surface area contributed by atoms with Gasteiger partial charge in [-0.15, -0.1) is 11.3 Å². The van der Waals surface area contributed by atoms with Gasteiger partial charge in [0.15, 0.2) is 0 Å². The van der Waals surface area contributed by atoms with Crippen molar-refractivity contribution in [2.45, 2.75) is 32.5 Å². The lowest BCUT2D eigenvalue weighted by molar-refractivity contribution is -0.133. The van der Waals surface area contributed by atoms with E-state index in [0.29, 0.717) is 13.0 Å². The first-order chi connectivity index (χ1) is 10.2. The summed E-state index contributed by atoms with van der Waals surface area (Å²) >= 11 is 1.55. The number of fused-ring (bicyclic) bond motifs is 1. The van der Waals surface area contributed by atoms with Crippen molar-refractivity contribution in [2.75, 3.05) is 13.2 Å². The molecule has 2 aromatic rings. The van der Waals surface area contributed by atoms with Crippen molar-refractivity contribution in [2.24, 2.45) is 0 Å². The van der Waals surface area contributed by atoms with Crippen molar-refractivity contribution in [3.05, 3.63) is 35.2 Å². The predicted octanol–water partition coefficient (Wildman–Crippen LogP) is 2.87. The molecular weight excluding hydrogens is 286 g/mol. The fraction of sp³-hybridized carbons (Fsp3) is 0.438. The van der Waals surface area contributed by atoms with Gasteiger partial charge in [0.25, 0.3) is 0 Å². The van der Waals surface area contributed by atoms with Crippen molar-refractivity contribution in [3.8, 4) is 0 Å². The Kier molecular flexibility index (Phi) is 5.73. The Balaban J connectivity index is 1.94. The first-order valence-corrected chi connectivity index (χ1v) is 8.03. The first kappa shape index (κ1) is 15.9. The minimum absolute atomic E-state index is 0.167. The van der Waals surface area contributed by atoms with Crippen LogP contribution in [-0.2, 0) is 9.53 Å². The molecule has 1 aromatic heterocycles. The molecule has 0 fully saturated rings. The largest absolute Gasteiger partial charge is 0.386 e. The lowest BCUT2D eigenvalue weighted by Gasteiger charge is -2.16. The van der Waals surface area contributed by atoms with Gasteiger partial charge in [0.1, 0.15) is 12.2 Å². The fourth-order valence-corrected chi connectivity index (χ4v) is 3.21. The zero-order chi connectivity index (χ0) is 15.2. The summed E-state index contributed by atoms with van der Waals surface area (Å²) in [4.78, 5) is 12.8.